The van der Waals surface area contributed by atoms with Crippen LogP contribution >= 0.6 is 11.8 Å². The number of hydrogen-bond donors (Lipinski definition) is 1. The molecular formula is C15H22N2O3S. The number of nitrogens with zero attached hydrogens (tertiary/aromatic N) is 1. The van der Waals surface area contributed by atoms with E-state index in [1.54, 1.807) is 13.8 Å². The lowest BCUT2D eigenvalue weighted by molar-refractivity contribution is -0.139. The molecule has 0 aliphatic heterocycles. The molecule has 0 saturated heterocycles. The van der Waals surface area contributed by atoms with E-state index in [4.69, 9.17) is 4.74 Å². The molecule has 0 aliphatic rings. The number of carbonyl (C=O) groups is 2. The molecule has 1 atom stereocenters. The molecule has 1 unspecified atom stereocenters. The maximum Gasteiger partial charge on any atom is 0.315 e. The molecule has 0 bridgehead atoms. The van der Waals surface area contributed by atoms with Crippen molar-refractivity contribution in [2.24, 2.45) is 0 Å². The first-order valence-electron chi connectivity index (χ1n) is 6.79. The van der Waals surface area contributed by atoms with Crippen LogP contribution in [0.5, 0.6) is 0 Å². The largest absolute Gasteiger partial charge is 0.465 e. The van der Waals surface area contributed by atoms with Crippen molar-refractivity contribution >= 4 is 35.0 Å². The van der Waals surface area contributed by atoms with Gasteiger partial charge in [-0.05, 0) is 38.1 Å². The first-order valence-corrected chi connectivity index (χ1v) is 7.84. The second kappa shape index (κ2) is 8.56. The number of rotatable bonds is 7. The van der Waals surface area contributed by atoms with E-state index >= 15 is 0 Å². The van der Waals surface area contributed by atoms with Gasteiger partial charge in [-0.25, -0.2) is 0 Å². The van der Waals surface area contributed by atoms with Crippen LogP contribution in [0.4, 0.5) is 11.4 Å². The van der Waals surface area contributed by atoms with E-state index in [-0.39, 0.29) is 22.9 Å². The SMILES string of the molecule is CCOC(=O)CSC(C)C(=O)Nc1ccc(N(C)C)cc1. The summed E-state index contributed by atoms with van der Waals surface area (Å²) in [7, 11) is 3.92. The minimum atomic E-state index is -0.317. The Morgan fingerprint density at radius 3 is 2.43 bits per heavy atom. The highest BCUT2D eigenvalue weighted by Gasteiger charge is 2.15. The van der Waals surface area contributed by atoms with Crippen molar-refractivity contribution < 1.29 is 14.3 Å². The highest BCUT2D eigenvalue weighted by atomic mass is 32.2. The summed E-state index contributed by atoms with van der Waals surface area (Å²) in [4.78, 5) is 25.2. The van der Waals surface area contributed by atoms with Crippen molar-refractivity contribution in [1.82, 2.24) is 0 Å². The first kappa shape index (κ1) is 17.4. The van der Waals surface area contributed by atoms with Gasteiger partial charge in [-0.15, -0.1) is 11.8 Å². The number of hydrogen-bond acceptors (Lipinski definition) is 5. The number of anilines is 2. The molecule has 1 amide bonds. The van der Waals surface area contributed by atoms with Gasteiger partial charge in [0.25, 0.3) is 0 Å². The van der Waals surface area contributed by atoms with Crippen molar-refractivity contribution in [2.45, 2.75) is 19.1 Å². The van der Waals surface area contributed by atoms with Gasteiger partial charge in [0.1, 0.15) is 0 Å². The molecule has 1 N–H and O–H groups in total. The smallest absolute Gasteiger partial charge is 0.315 e. The van der Waals surface area contributed by atoms with E-state index in [1.807, 2.05) is 43.3 Å². The average molecular weight is 310 g/mol. The number of carbonyl (C=O) groups excluding carboxylic acids is 2. The molecule has 21 heavy (non-hydrogen) atoms. The molecule has 1 aromatic carbocycles. The standard InChI is InChI=1S/C15H22N2O3S/c1-5-20-14(18)10-21-11(2)15(19)16-12-6-8-13(9-7-12)17(3)4/h6-9,11H,5,10H2,1-4H3,(H,16,19). The molecule has 0 spiro atoms. The molecule has 0 fully saturated rings. The second-order valence-corrected chi connectivity index (χ2v) is 6.02. The maximum absolute atomic E-state index is 12.0. The third kappa shape index (κ3) is 6.08. The van der Waals surface area contributed by atoms with E-state index in [1.165, 1.54) is 11.8 Å². The van der Waals surface area contributed by atoms with Crippen LogP contribution < -0.4 is 10.2 Å². The van der Waals surface area contributed by atoms with Crippen molar-refractivity contribution in [3.63, 3.8) is 0 Å². The molecule has 6 heteroatoms. The van der Waals surface area contributed by atoms with Gasteiger partial charge in [0.2, 0.25) is 5.91 Å². The van der Waals surface area contributed by atoms with E-state index in [2.05, 4.69) is 5.32 Å². The highest BCUT2D eigenvalue weighted by Crippen LogP contribution is 2.18. The summed E-state index contributed by atoms with van der Waals surface area (Å²) in [5.41, 5.74) is 1.81. The maximum atomic E-state index is 12.0. The normalized spacial score (nSPS) is 11.6. The second-order valence-electron chi connectivity index (χ2n) is 4.69. The van der Waals surface area contributed by atoms with Gasteiger partial charge in [-0.3, -0.25) is 9.59 Å². The van der Waals surface area contributed by atoms with E-state index in [9.17, 15) is 9.59 Å². The Morgan fingerprint density at radius 1 is 1.29 bits per heavy atom. The summed E-state index contributed by atoms with van der Waals surface area (Å²) in [6, 6.07) is 7.59. The summed E-state index contributed by atoms with van der Waals surface area (Å²) in [6.45, 7) is 3.89. The van der Waals surface area contributed by atoms with Crippen LogP contribution in [0.3, 0.4) is 0 Å². The summed E-state index contributed by atoms with van der Waals surface area (Å²) in [5.74, 6) is -0.235. The molecule has 0 aliphatic carbocycles. The number of nitrogens with one attached hydrogen (secondary N) is 1. The predicted octanol–water partition coefficient (Wildman–Crippen LogP) is 2.38. The highest BCUT2D eigenvalue weighted by molar-refractivity contribution is 8.01. The van der Waals surface area contributed by atoms with Gasteiger partial charge < -0.3 is 15.0 Å². The molecule has 0 aromatic heterocycles. The zero-order valence-electron chi connectivity index (χ0n) is 12.9. The molecule has 0 saturated carbocycles. The van der Waals surface area contributed by atoms with Crippen LogP contribution in [0.15, 0.2) is 24.3 Å². The fraction of sp³-hybridized carbons (Fsp3) is 0.467. The van der Waals surface area contributed by atoms with Crippen molar-refractivity contribution in [3.8, 4) is 0 Å². The van der Waals surface area contributed by atoms with Gasteiger partial charge in [0.15, 0.2) is 0 Å². The Hall–Kier alpha value is -1.69. The number of amides is 1. The average Bonchev–Trinajstić information content (AvgIpc) is 2.45. The lowest BCUT2D eigenvalue weighted by Crippen LogP contribution is -2.24. The third-order valence-electron chi connectivity index (χ3n) is 2.78. The monoisotopic (exact) mass is 310 g/mol. The number of esters is 1. The van der Waals surface area contributed by atoms with Crippen LogP contribution in [0, 0.1) is 0 Å². The minimum Gasteiger partial charge on any atom is -0.465 e. The predicted molar refractivity (Wildman–Crippen MR) is 88.0 cm³/mol. The lowest BCUT2D eigenvalue weighted by atomic mass is 10.2. The molecule has 5 nitrogen and oxygen atoms in total. The van der Waals surface area contributed by atoms with Gasteiger partial charge in [-0.2, -0.15) is 0 Å². The summed E-state index contributed by atoms with van der Waals surface area (Å²) < 4.78 is 4.83. The molecule has 0 heterocycles. The molecular weight excluding hydrogens is 288 g/mol. The van der Waals surface area contributed by atoms with Gasteiger partial charge >= 0.3 is 5.97 Å². The van der Waals surface area contributed by atoms with Crippen LogP contribution in [-0.4, -0.2) is 43.6 Å². The first-order chi connectivity index (χ1) is 9.93. The topological polar surface area (TPSA) is 58.6 Å². The van der Waals surface area contributed by atoms with Gasteiger partial charge in [0.05, 0.1) is 17.6 Å². The van der Waals surface area contributed by atoms with Crippen molar-refractivity contribution in [2.75, 3.05) is 36.7 Å². The minimum absolute atomic E-state index is 0.123. The van der Waals surface area contributed by atoms with Crippen LogP contribution in [0.1, 0.15) is 13.8 Å². The van der Waals surface area contributed by atoms with Gasteiger partial charge in [0, 0.05) is 25.5 Å². The Morgan fingerprint density at radius 2 is 1.90 bits per heavy atom. The summed E-state index contributed by atoms with van der Waals surface area (Å²) in [6.07, 6.45) is 0. The van der Waals surface area contributed by atoms with E-state index in [0.717, 1.165) is 11.4 Å². The molecule has 1 rings (SSSR count). The Labute approximate surface area is 130 Å². The van der Waals surface area contributed by atoms with Crippen LogP contribution in [-0.2, 0) is 14.3 Å². The number of ether oxygens (including phenoxy) is 1. The lowest BCUT2D eigenvalue weighted by Gasteiger charge is -2.14. The Kier molecular flexibility index (Phi) is 7.08. The fourth-order valence-electron chi connectivity index (χ4n) is 1.56. The molecule has 0 radical (unpaired) electrons. The number of thioether (sulfide) groups is 1. The van der Waals surface area contributed by atoms with Crippen LogP contribution in [0.25, 0.3) is 0 Å². The molecule has 1 aromatic rings. The quantitative estimate of drug-likeness (QED) is 0.784. The molecule has 116 valence electrons. The Balaban J connectivity index is 2.46. The van der Waals surface area contributed by atoms with Crippen LogP contribution in [0.2, 0.25) is 0 Å². The van der Waals surface area contributed by atoms with E-state index in [0.29, 0.717) is 6.61 Å². The van der Waals surface area contributed by atoms with E-state index < -0.39 is 0 Å². The fourth-order valence-corrected chi connectivity index (χ4v) is 2.24. The van der Waals surface area contributed by atoms with Crippen molar-refractivity contribution in [1.29, 1.82) is 0 Å². The number of benzene rings is 1. The summed E-state index contributed by atoms with van der Waals surface area (Å²) >= 11 is 1.27. The van der Waals surface area contributed by atoms with Crippen molar-refractivity contribution in [3.05, 3.63) is 24.3 Å². The van der Waals surface area contributed by atoms with Gasteiger partial charge in [-0.1, -0.05) is 0 Å². The zero-order valence-corrected chi connectivity index (χ0v) is 13.7. The third-order valence-corrected chi connectivity index (χ3v) is 3.89. The summed E-state index contributed by atoms with van der Waals surface area (Å²) in [5, 5.41) is 2.52. The Bertz CT molecular complexity index is 474. The zero-order chi connectivity index (χ0) is 15.8.